The first-order chi connectivity index (χ1) is 12.8. The SMILES string of the molecule is COc1cc([C@@H]2c3cnn(C(C)C)c3NC(=O)[C@@H]2[N+](=O)[O-])cc(OC)c1O. The molecule has 1 aliphatic rings. The van der Waals surface area contributed by atoms with Crippen molar-refractivity contribution in [1.29, 1.82) is 0 Å². The molecule has 2 heterocycles. The van der Waals surface area contributed by atoms with Crippen molar-refractivity contribution in [1.82, 2.24) is 9.78 Å². The number of carbonyl (C=O) groups excluding carboxylic acids is 1. The van der Waals surface area contributed by atoms with E-state index in [9.17, 15) is 20.0 Å². The molecule has 0 saturated carbocycles. The number of nitrogens with one attached hydrogen (secondary N) is 1. The third-order valence-corrected chi connectivity index (χ3v) is 4.56. The van der Waals surface area contributed by atoms with Crippen LogP contribution in [0.25, 0.3) is 0 Å². The molecule has 0 fully saturated rings. The fraction of sp³-hybridized carbons (Fsp3) is 0.412. The summed E-state index contributed by atoms with van der Waals surface area (Å²) in [5.74, 6) is -1.26. The van der Waals surface area contributed by atoms with Gasteiger partial charge in [-0.15, -0.1) is 0 Å². The molecule has 2 N–H and O–H groups in total. The van der Waals surface area contributed by atoms with Gasteiger partial charge in [-0.05, 0) is 31.5 Å². The number of benzene rings is 1. The van der Waals surface area contributed by atoms with Gasteiger partial charge in [-0.3, -0.25) is 14.9 Å². The Morgan fingerprint density at radius 3 is 2.37 bits per heavy atom. The van der Waals surface area contributed by atoms with Gasteiger partial charge in [-0.25, -0.2) is 4.68 Å². The van der Waals surface area contributed by atoms with E-state index in [0.29, 0.717) is 16.9 Å². The largest absolute Gasteiger partial charge is 0.502 e. The Hall–Kier alpha value is -3.30. The lowest BCUT2D eigenvalue weighted by atomic mass is 9.83. The maximum absolute atomic E-state index is 12.5. The summed E-state index contributed by atoms with van der Waals surface area (Å²) in [6, 6.07) is 1.33. The van der Waals surface area contributed by atoms with E-state index in [1.54, 1.807) is 4.68 Å². The van der Waals surface area contributed by atoms with Crippen molar-refractivity contribution in [3.05, 3.63) is 39.6 Å². The third kappa shape index (κ3) is 2.92. The smallest absolute Gasteiger partial charge is 0.301 e. The summed E-state index contributed by atoms with van der Waals surface area (Å²) >= 11 is 0. The molecule has 1 amide bonds. The number of phenolic OH excluding ortho intramolecular Hbond substituents is 1. The second-order valence-corrected chi connectivity index (χ2v) is 6.46. The number of anilines is 1. The standard InChI is InChI=1S/C17H20N4O6/c1-8(2)20-16-10(7-18-20)13(14(21(24)25)17(23)19-16)9-5-11(26-3)15(22)12(6-9)27-4/h5-8,13-14,22H,1-4H3,(H,19,23)/t13-,14-/m1/s1. The average molecular weight is 376 g/mol. The van der Waals surface area contributed by atoms with Crippen LogP contribution in [0.2, 0.25) is 0 Å². The summed E-state index contributed by atoms with van der Waals surface area (Å²) in [6.07, 6.45) is 1.52. The Kier molecular flexibility index (Phi) is 4.64. The van der Waals surface area contributed by atoms with Crippen molar-refractivity contribution in [3.63, 3.8) is 0 Å². The lowest BCUT2D eigenvalue weighted by Crippen LogP contribution is -2.44. The normalized spacial score (nSPS) is 18.8. The molecule has 1 aliphatic heterocycles. The zero-order valence-electron chi connectivity index (χ0n) is 15.3. The molecule has 10 heteroatoms. The van der Waals surface area contributed by atoms with Gasteiger partial charge in [0.25, 0.3) is 0 Å². The van der Waals surface area contributed by atoms with Crippen LogP contribution in [0.1, 0.15) is 36.9 Å². The van der Waals surface area contributed by atoms with Crippen LogP contribution in [-0.2, 0) is 4.79 Å². The predicted octanol–water partition coefficient (Wildman–Crippen LogP) is 1.92. The van der Waals surface area contributed by atoms with E-state index in [2.05, 4.69) is 10.4 Å². The van der Waals surface area contributed by atoms with Crippen LogP contribution in [0.3, 0.4) is 0 Å². The summed E-state index contributed by atoms with van der Waals surface area (Å²) in [4.78, 5) is 23.6. The summed E-state index contributed by atoms with van der Waals surface area (Å²) in [7, 11) is 2.72. The molecule has 0 radical (unpaired) electrons. The van der Waals surface area contributed by atoms with E-state index < -0.39 is 22.8 Å². The highest BCUT2D eigenvalue weighted by molar-refractivity contribution is 5.98. The second kappa shape index (κ2) is 6.78. The summed E-state index contributed by atoms with van der Waals surface area (Å²) < 4.78 is 11.9. The molecule has 0 unspecified atom stereocenters. The number of aromatic nitrogens is 2. The van der Waals surface area contributed by atoms with Crippen molar-refractivity contribution in [2.24, 2.45) is 0 Å². The van der Waals surface area contributed by atoms with Crippen molar-refractivity contribution in [3.8, 4) is 17.2 Å². The first-order valence-electron chi connectivity index (χ1n) is 8.26. The Morgan fingerprint density at radius 2 is 1.89 bits per heavy atom. The monoisotopic (exact) mass is 376 g/mol. The van der Waals surface area contributed by atoms with Gasteiger partial charge in [0, 0.05) is 16.5 Å². The zero-order chi connectivity index (χ0) is 19.9. The lowest BCUT2D eigenvalue weighted by molar-refractivity contribution is -0.509. The zero-order valence-corrected chi connectivity index (χ0v) is 15.3. The number of phenols is 1. The summed E-state index contributed by atoms with van der Waals surface area (Å²) in [5.41, 5.74) is 0.919. The van der Waals surface area contributed by atoms with Gasteiger partial charge in [0.1, 0.15) is 5.82 Å². The number of methoxy groups -OCH3 is 2. The molecule has 144 valence electrons. The van der Waals surface area contributed by atoms with E-state index in [4.69, 9.17) is 9.47 Å². The summed E-state index contributed by atoms with van der Waals surface area (Å²) in [5, 5.41) is 28.7. The number of amides is 1. The van der Waals surface area contributed by atoms with Crippen LogP contribution in [-0.4, -0.2) is 46.0 Å². The quantitative estimate of drug-likeness (QED) is 0.602. The second-order valence-electron chi connectivity index (χ2n) is 6.46. The fourth-order valence-corrected chi connectivity index (χ4v) is 3.31. The summed E-state index contributed by atoms with van der Waals surface area (Å²) in [6.45, 7) is 3.78. The molecule has 2 atom stereocenters. The predicted molar refractivity (Wildman–Crippen MR) is 95.1 cm³/mol. The van der Waals surface area contributed by atoms with Crippen LogP contribution in [0.4, 0.5) is 5.82 Å². The van der Waals surface area contributed by atoms with Crippen LogP contribution in [0.15, 0.2) is 18.3 Å². The van der Waals surface area contributed by atoms with Gasteiger partial charge in [0.05, 0.1) is 26.3 Å². The molecule has 10 nitrogen and oxygen atoms in total. The molecule has 0 aliphatic carbocycles. The van der Waals surface area contributed by atoms with Crippen molar-refractivity contribution < 1.29 is 24.3 Å². The number of hydrogen-bond donors (Lipinski definition) is 2. The van der Waals surface area contributed by atoms with E-state index in [-0.39, 0.29) is 23.3 Å². The topological polar surface area (TPSA) is 129 Å². The van der Waals surface area contributed by atoms with E-state index in [1.165, 1.54) is 32.5 Å². The molecule has 0 bridgehead atoms. The van der Waals surface area contributed by atoms with Crippen LogP contribution >= 0.6 is 0 Å². The molecule has 2 aromatic rings. The maximum Gasteiger partial charge on any atom is 0.301 e. The van der Waals surface area contributed by atoms with Crippen LogP contribution in [0.5, 0.6) is 17.2 Å². The highest BCUT2D eigenvalue weighted by atomic mass is 16.6. The minimum absolute atomic E-state index is 0.0502. The highest BCUT2D eigenvalue weighted by Gasteiger charge is 2.47. The number of nitrogens with zero attached hydrogens (tertiary/aromatic N) is 3. The Morgan fingerprint density at radius 1 is 1.30 bits per heavy atom. The van der Waals surface area contributed by atoms with Gasteiger partial charge >= 0.3 is 11.9 Å². The van der Waals surface area contributed by atoms with Gasteiger partial charge in [0.15, 0.2) is 11.5 Å². The minimum atomic E-state index is -1.55. The molecule has 0 saturated heterocycles. The number of rotatable bonds is 5. The van der Waals surface area contributed by atoms with E-state index in [1.807, 2.05) is 13.8 Å². The lowest BCUT2D eigenvalue weighted by Gasteiger charge is -2.27. The Balaban J connectivity index is 2.25. The van der Waals surface area contributed by atoms with Gasteiger partial charge in [-0.2, -0.15) is 5.10 Å². The average Bonchev–Trinajstić information content (AvgIpc) is 3.04. The van der Waals surface area contributed by atoms with E-state index >= 15 is 0 Å². The molecule has 27 heavy (non-hydrogen) atoms. The Labute approximate surface area is 154 Å². The van der Waals surface area contributed by atoms with Crippen molar-refractivity contribution >= 4 is 11.7 Å². The molecule has 1 aromatic heterocycles. The first kappa shape index (κ1) is 18.5. The van der Waals surface area contributed by atoms with E-state index in [0.717, 1.165) is 0 Å². The first-order valence-corrected chi connectivity index (χ1v) is 8.26. The maximum atomic E-state index is 12.5. The molecular formula is C17H20N4O6. The van der Waals surface area contributed by atoms with Gasteiger partial charge < -0.3 is 19.9 Å². The number of carbonyl (C=O) groups is 1. The minimum Gasteiger partial charge on any atom is -0.502 e. The fourth-order valence-electron chi connectivity index (χ4n) is 3.31. The molecule has 0 spiro atoms. The molecule has 1 aromatic carbocycles. The Bertz CT molecular complexity index is 882. The van der Waals surface area contributed by atoms with Crippen LogP contribution < -0.4 is 14.8 Å². The number of aromatic hydroxyl groups is 1. The number of ether oxygens (including phenoxy) is 2. The molecular weight excluding hydrogens is 356 g/mol. The number of nitro groups is 1. The third-order valence-electron chi connectivity index (χ3n) is 4.56. The number of fused-ring (bicyclic) bond motifs is 1. The van der Waals surface area contributed by atoms with Gasteiger partial charge in [-0.1, -0.05) is 0 Å². The van der Waals surface area contributed by atoms with Crippen molar-refractivity contribution in [2.45, 2.75) is 31.8 Å². The van der Waals surface area contributed by atoms with Crippen LogP contribution in [0, 0.1) is 10.1 Å². The van der Waals surface area contributed by atoms with Gasteiger partial charge in [0.2, 0.25) is 5.75 Å². The highest BCUT2D eigenvalue weighted by Crippen LogP contribution is 2.45. The van der Waals surface area contributed by atoms with Crippen molar-refractivity contribution in [2.75, 3.05) is 19.5 Å². The molecule has 3 rings (SSSR count). The number of hydrogen-bond acceptors (Lipinski definition) is 7.